The van der Waals surface area contributed by atoms with E-state index >= 15 is 0 Å². The van der Waals surface area contributed by atoms with Gasteiger partial charge in [-0.15, -0.1) is 0 Å². The van der Waals surface area contributed by atoms with E-state index in [0.29, 0.717) is 6.54 Å². The number of nitrogens with one attached hydrogen (secondary N) is 1. The second-order valence-electron chi connectivity index (χ2n) is 6.83. The van der Waals surface area contributed by atoms with Gasteiger partial charge in [0.1, 0.15) is 11.6 Å². The van der Waals surface area contributed by atoms with Gasteiger partial charge in [-0.1, -0.05) is 34.6 Å². The van der Waals surface area contributed by atoms with Gasteiger partial charge in [0.05, 0.1) is 5.69 Å². The Morgan fingerprint density at radius 1 is 1.27 bits per heavy atom. The van der Waals surface area contributed by atoms with Crippen molar-refractivity contribution in [1.29, 1.82) is 0 Å². The van der Waals surface area contributed by atoms with Gasteiger partial charge in [-0.25, -0.2) is 9.97 Å². The summed E-state index contributed by atoms with van der Waals surface area (Å²) < 4.78 is 0.803. The van der Waals surface area contributed by atoms with Crippen molar-refractivity contribution < 1.29 is 4.73 Å². The summed E-state index contributed by atoms with van der Waals surface area (Å²) in [6.45, 7) is 11.1. The third-order valence-electron chi connectivity index (χ3n) is 3.34. The first-order chi connectivity index (χ1) is 10.3. The molecule has 0 aliphatic carbocycles. The molecule has 5 nitrogen and oxygen atoms in total. The largest absolute Gasteiger partial charge is 0.619 e. The average molecular weight is 300 g/mol. The quantitative estimate of drug-likeness (QED) is 0.696. The second kappa shape index (κ2) is 6.30. The van der Waals surface area contributed by atoms with E-state index in [4.69, 9.17) is 0 Å². The van der Waals surface area contributed by atoms with Gasteiger partial charge in [0.2, 0.25) is 0 Å². The molecule has 0 radical (unpaired) electrons. The lowest BCUT2D eigenvalue weighted by Gasteiger charge is -2.20. The summed E-state index contributed by atoms with van der Waals surface area (Å²) in [4.78, 5) is 9.24. The van der Waals surface area contributed by atoms with Crippen LogP contribution in [0.4, 0.5) is 5.82 Å². The molecule has 0 spiro atoms. The average Bonchev–Trinajstić information content (AvgIpc) is 2.44. The van der Waals surface area contributed by atoms with Crippen molar-refractivity contribution in [3.63, 3.8) is 0 Å². The Bertz CT molecular complexity index is 647. The summed E-state index contributed by atoms with van der Waals surface area (Å²) >= 11 is 0. The van der Waals surface area contributed by atoms with Crippen LogP contribution < -0.4 is 10.0 Å². The smallest absolute Gasteiger partial charge is 0.185 e. The van der Waals surface area contributed by atoms with Crippen LogP contribution >= 0.6 is 0 Å². The molecule has 1 N–H and O–H groups in total. The van der Waals surface area contributed by atoms with Crippen molar-refractivity contribution >= 4 is 5.82 Å². The van der Waals surface area contributed by atoms with Crippen LogP contribution in [0.5, 0.6) is 0 Å². The van der Waals surface area contributed by atoms with Crippen molar-refractivity contribution in [2.24, 2.45) is 0 Å². The number of anilines is 1. The second-order valence-corrected chi connectivity index (χ2v) is 6.83. The zero-order valence-electron chi connectivity index (χ0n) is 13.9. The highest BCUT2D eigenvalue weighted by Crippen LogP contribution is 2.24. The Labute approximate surface area is 132 Å². The first-order valence-corrected chi connectivity index (χ1v) is 7.57. The minimum Gasteiger partial charge on any atom is -0.619 e. The Morgan fingerprint density at radius 3 is 2.59 bits per heavy atom. The first-order valence-electron chi connectivity index (χ1n) is 7.57. The molecule has 2 rings (SSSR count). The van der Waals surface area contributed by atoms with Crippen LogP contribution in [0.25, 0.3) is 0 Å². The fourth-order valence-corrected chi connectivity index (χ4v) is 2.00. The fraction of sp³-hybridized carbons (Fsp3) is 0.471. The maximum Gasteiger partial charge on any atom is 0.185 e. The summed E-state index contributed by atoms with van der Waals surface area (Å²) in [5.41, 5.74) is 1.90. The van der Waals surface area contributed by atoms with Crippen molar-refractivity contribution in [3.05, 3.63) is 52.9 Å². The molecule has 0 fully saturated rings. The van der Waals surface area contributed by atoms with Crippen LogP contribution in [0.1, 0.15) is 57.6 Å². The summed E-state index contributed by atoms with van der Waals surface area (Å²) in [5, 5.41) is 14.6. The molecule has 0 aliphatic heterocycles. The van der Waals surface area contributed by atoms with Crippen LogP contribution in [-0.4, -0.2) is 9.97 Å². The first kappa shape index (κ1) is 16.2. The highest BCUT2D eigenvalue weighted by molar-refractivity contribution is 5.39. The minimum absolute atomic E-state index is 0.0339. The van der Waals surface area contributed by atoms with E-state index in [1.54, 1.807) is 12.3 Å². The van der Waals surface area contributed by atoms with Gasteiger partial charge >= 0.3 is 0 Å². The molecule has 0 unspecified atom stereocenters. The van der Waals surface area contributed by atoms with Crippen LogP contribution in [-0.2, 0) is 12.0 Å². The van der Waals surface area contributed by atoms with E-state index in [-0.39, 0.29) is 11.3 Å². The predicted octanol–water partition coefficient (Wildman–Crippen LogP) is 3.14. The molecule has 0 bridgehead atoms. The summed E-state index contributed by atoms with van der Waals surface area (Å²) in [7, 11) is 0. The number of aromatic nitrogens is 3. The summed E-state index contributed by atoms with van der Waals surface area (Å²) in [6, 6.07) is 5.64. The molecule has 0 atom stereocenters. The van der Waals surface area contributed by atoms with Crippen molar-refractivity contribution in [2.75, 3.05) is 5.32 Å². The van der Waals surface area contributed by atoms with E-state index in [9.17, 15) is 5.21 Å². The van der Waals surface area contributed by atoms with E-state index in [1.165, 1.54) is 6.20 Å². The Kier molecular flexibility index (Phi) is 4.64. The van der Waals surface area contributed by atoms with Gasteiger partial charge < -0.3 is 10.5 Å². The maximum absolute atomic E-state index is 11.3. The van der Waals surface area contributed by atoms with Gasteiger partial charge in [-0.05, 0) is 6.07 Å². The number of nitrogens with zero attached hydrogens (tertiary/aromatic N) is 3. The van der Waals surface area contributed by atoms with Crippen molar-refractivity contribution in [3.8, 4) is 0 Å². The molecule has 2 heterocycles. The number of rotatable bonds is 4. The number of hydrogen-bond acceptors (Lipinski definition) is 4. The Morgan fingerprint density at radius 2 is 2.00 bits per heavy atom. The van der Waals surface area contributed by atoms with Crippen molar-refractivity contribution in [1.82, 2.24) is 9.97 Å². The van der Waals surface area contributed by atoms with Crippen LogP contribution in [0.15, 0.2) is 30.6 Å². The van der Waals surface area contributed by atoms with Crippen LogP contribution in [0.2, 0.25) is 0 Å². The lowest BCUT2D eigenvalue weighted by atomic mass is 9.91. The summed E-state index contributed by atoms with van der Waals surface area (Å²) in [5.74, 6) is 1.90. The molecule has 0 amide bonds. The third kappa shape index (κ3) is 4.16. The molecule has 22 heavy (non-hydrogen) atoms. The van der Waals surface area contributed by atoms with Gasteiger partial charge in [0.25, 0.3) is 0 Å². The zero-order chi connectivity index (χ0) is 16.3. The van der Waals surface area contributed by atoms with E-state index in [0.717, 1.165) is 27.6 Å². The molecule has 5 heteroatoms. The Hall–Kier alpha value is -2.17. The molecular formula is C17H24N4O. The highest BCUT2D eigenvalue weighted by atomic mass is 16.5. The van der Waals surface area contributed by atoms with Crippen LogP contribution in [0, 0.1) is 5.21 Å². The van der Waals surface area contributed by atoms with E-state index < -0.39 is 0 Å². The number of hydrogen-bond donors (Lipinski definition) is 1. The molecule has 118 valence electrons. The zero-order valence-corrected chi connectivity index (χ0v) is 13.9. The third-order valence-corrected chi connectivity index (χ3v) is 3.34. The molecule has 2 aromatic heterocycles. The van der Waals surface area contributed by atoms with Crippen molar-refractivity contribution in [2.45, 2.75) is 52.5 Å². The molecule has 0 saturated heterocycles. The SMILES string of the molecule is CC(C)c1nc(NCc2ccc[n+]([O-])c2)cc(C(C)(C)C)n1. The molecule has 2 aromatic rings. The van der Waals surface area contributed by atoms with Crippen LogP contribution in [0.3, 0.4) is 0 Å². The fourth-order valence-electron chi connectivity index (χ4n) is 2.00. The summed E-state index contributed by atoms with van der Waals surface area (Å²) in [6.07, 6.45) is 3.03. The standard InChI is InChI=1S/C17H24N4O/c1-12(2)16-19-14(17(3,4)5)9-15(20-16)18-10-13-7-6-8-21(22)11-13/h6-9,11-12H,10H2,1-5H3,(H,18,19,20). The van der Waals surface area contributed by atoms with E-state index in [2.05, 4.69) is 49.9 Å². The maximum atomic E-state index is 11.3. The van der Waals surface area contributed by atoms with Gasteiger partial charge in [-0.2, -0.15) is 4.73 Å². The van der Waals surface area contributed by atoms with Gasteiger partial charge in [0, 0.05) is 35.6 Å². The normalized spacial score (nSPS) is 11.7. The molecule has 0 aliphatic rings. The van der Waals surface area contributed by atoms with Gasteiger partial charge in [0.15, 0.2) is 12.4 Å². The highest BCUT2D eigenvalue weighted by Gasteiger charge is 2.19. The predicted molar refractivity (Wildman–Crippen MR) is 87.5 cm³/mol. The Balaban J connectivity index is 2.24. The molecular weight excluding hydrogens is 276 g/mol. The topological polar surface area (TPSA) is 64.8 Å². The van der Waals surface area contributed by atoms with E-state index in [1.807, 2.05) is 12.1 Å². The lowest BCUT2D eigenvalue weighted by molar-refractivity contribution is -0.605. The monoisotopic (exact) mass is 300 g/mol. The molecule has 0 aromatic carbocycles. The molecule has 0 saturated carbocycles. The lowest BCUT2D eigenvalue weighted by Crippen LogP contribution is -2.25. The number of pyridine rings is 1. The minimum atomic E-state index is -0.0339. The van der Waals surface area contributed by atoms with Gasteiger partial charge in [-0.3, -0.25) is 0 Å².